The molecule has 152 valence electrons. The summed E-state index contributed by atoms with van der Waals surface area (Å²) in [5.41, 5.74) is 2.58. The third-order valence-electron chi connectivity index (χ3n) is 5.67. The minimum Gasteiger partial charge on any atom is -0.348 e. The van der Waals surface area contributed by atoms with Crippen molar-refractivity contribution in [2.45, 2.75) is 30.8 Å². The molecule has 0 unspecified atom stereocenters. The van der Waals surface area contributed by atoms with Gasteiger partial charge in [-0.15, -0.1) is 11.8 Å². The molecule has 2 nitrogen and oxygen atoms in total. The second-order valence-corrected chi connectivity index (χ2v) is 9.82. The lowest BCUT2D eigenvalue weighted by Crippen LogP contribution is -2.33. The molecule has 0 bridgehead atoms. The van der Waals surface area contributed by atoms with Gasteiger partial charge in [0.15, 0.2) is 6.29 Å². The van der Waals surface area contributed by atoms with Crippen LogP contribution < -0.4 is 0 Å². The van der Waals surface area contributed by atoms with E-state index in [1.165, 1.54) is 32.0 Å². The number of hydrogen-bond acceptors (Lipinski definition) is 3. The first-order valence-corrected chi connectivity index (χ1v) is 11.4. The highest BCUT2D eigenvalue weighted by atomic mass is 32.2. The number of hydrogen-bond donors (Lipinski definition) is 0. The van der Waals surface area contributed by atoms with Crippen LogP contribution in [0, 0.1) is 5.41 Å². The standard InChI is InChI=1S/C27H26O2S/c1-27(2)17-28-26(29-18-27)19-11-13-22(14-12-19)30-16-25-23-9-5-3-7-20(23)15-21-8-4-6-10-24(21)25/h3-15,26H,16-18H2,1-2H3. The number of fused-ring (bicyclic) bond motifs is 2. The van der Waals surface area contributed by atoms with Crippen molar-refractivity contribution in [3.8, 4) is 0 Å². The molecule has 0 atom stereocenters. The summed E-state index contributed by atoms with van der Waals surface area (Å²) in [6.45, 7) is 5.78. The second-order valence-electron chi connectivity index (χ2n) is 8.77. The molecule has 0 radical (unpaired) electrons. The summed E-state index contributed by atoms with van der Waals surface area (Å²) in [7, 11) is 0. The fourth-order valence-corrected chi connectivity index (χ4v) is 4.98. The minimum absolute atomic E-state index is 0.0908. The highest BCUT2D eigenvalue weighted by Gasteiger charge is 2.29. The molecule has 30 heavy (non-hydrogen) atoms. The lowest BCUT2D eigenvalue weighted by Gasteiger charge is -2.34. The SMILES string of the molecule is CC1(C)COC(c2ccc(SCc3c4ccccc4cc4ccccc34)cc2)OC1. The highest BCUT2D eigenvalue weighted by molar-refractivity contribution is 7.98. The van der Waals surface area contributed by atoms with Crippen molar-refractivity contribution in [1.82, 2.24) is 0 Å². The predicted molar refractivity (Wildman–Crippen MR) is 126 cm³/mol. The van der Waals surface area contributed by atoms with Crippen LogP contribution in [0.4, 0.5) is 0 Å². The number of thioether (sulfide) groups is 1. The molecule has 1 saturated heterocycles. The van der Waals surface area contributed by atoms with Gasteiger partial charge in [0.1, 0.15) is 0 Å². The monoisotopic (exact) mass is 414 g/mol. The van der Waals surface area contributed by atoms with Crippen LogP contribution in [0.5, 0.6) is 0 Å². The van der Waals surface area contributed by atoms with Crippen molar-refractivity contribution in [3.05, 3.63) is 90.0 Å². The van der Waals surface area contributed by atoms with Crippen molar-refractivity contribution in [3.63, 3.8) is 0 Å². The van der Waals surface area contributed by atoms with Crippen molar-refractivity contribution < 1.29 is 9.47 Å². The van der Waals surface area contributed by atoms with E-state index >= 15 is 0 Å². The van der Waals surface area contributed by atoms with Crippen LogP contribution in [0.3, 0.4) is 0 Å². The summed E-state index contributed by atoms with van der Waals surface area (Å²) in [5.74, 6) is 0.936. The lowest BCUT2D eigenvalue weighted by atomic mass is 9.95. The fraction of sp³-hybridized carbons (Fsp3) is 0.259. The lowest BCUT2D eigenvalue weighted by molar-refractivity contribution is -0.226. The van der Waals surface area contributed by atoms with Gasteiger partial charge in [-0.05, 0) is 45.3 Å². The molecule has 5 rings (SSSR count). The maximum atomic E-state index is 5.92. The van der Waals surface area contributed by atoms with Crippen LogP contribution in [0.1, 0.15) is 31.3 Å². The first-order chi connectivity index (χ1) is 14.6. The van der Waals surface area contributed by atoms with E-state index in [9.17, 15) is 0 Å². The average Bonchev–Trinajstić information content (AvgIpc) is 2.77. The maximum absolute atomic E-state index is 5.92. The van der Waals surface area contributed by atoms with Gasteiger partial charge in [-0.2, -0.15) is 0 Å². The van der Waals surface area contributed by atoms with Gasteiger partial charge in [0.25, 0.3) is 0 Å². The maximum Gasteiger partial charge on any atom is 0.183 e. The Balaban J connectivity index is 1.37. The molecular formula is C27H26O2S. The molecule has 0 aliphatic carbocycles. The molecular weight excluding hydrogens is 388 g/mol. The normalized spacial score (nSPS) is 16.9. The molecule has 0 spiro atoms. The van der Waals surface area contributed by atoms with E-state index in [1.54, 1.807) is 0 Å². The van der Waals surface area contributed by atoms with Gasteiger partial charge in [-0.25, -0.2) is 0 Å². The molecule has 0 aromatic heterocycles. The van der Waals surface area contributed by atoms with E-state index in [0.29, 0.717) is 0 Å². The van der Waals surface area contributed by atoms with E-state index in [2.05, 4.69) is 92.7 Å². The van der Waals surface area contributed by atoms with E-state index < -0.39 is 0 Å². The molecule has 1 heterocycles. The Morgan fingerprint density at radius 2 is 1.37 bits per heavy atom. The van der Waals surface area contributed by atoms with Gasteiger partial charge >= 0.3 is 0 Å². The largest absolute Gasteiger partial charge is 0.348 e. The molecule has 0 amide bonds. The highest BCUT2D eigenvalue weighted by Crippen LogP contribution is 2.35. The summed E-state index contributed by atoms with van der Waals surface area (Å²) < 4.78 is 11.8. The third-order valence-corrected chi connectivity index (χ3v) is 6.71. The number of rotatable bonds is 4. The molecule has 1 fully saturated rings. The predicted octanol–water partition coefficient (Wildman–Crippen LogP) is 7.36. The Morgan fingerprint density at radius 3 is 1.97 bits per heavy atom. The third kappa shape index (κ3) is 3.98. The Bertz CT molecular complexity index is 1120. The zero-order valence-corrected chi connectivity index (χ0v) is 18.2. The van der Waals surface area contributed by atoms with Crippen LogP contribution >= 0.6 is 11.8 Å². The molecule has 4 aromatic rings. The van der Waals surface area contributed by atoms with Gasteiger partial charge in [0.05, 0.1) is 13.2 Å². The van der Waals surface area contributed by atoms with Crippen molar-refractivity contribution >= 4 is 33.3 Å². The second kappa shape index (κ2) is 8.07. The number of ether oxygens (including phenoxy) is 2. The summed E-state index contributed by atoms with van der Waals surface area (Å²) in [6, 6.07) is 28.3. The van der Waals surface area contributed by atoms with Gasteiger partial charge in [-0.3, -0.25) is 0 Å². The first kappa shape index (κ1) is 19.6. The average molecular weight is 415 g/mol. The van der Waals surface area contributed by atoms with E-state index in [0.717, 1.165) is 24.5 Å². The molecule has 4 aromatic carbocycles. The minimum atomic E-state index is -0.251. The quantitative estimate of drug-likeness (QED) is 0.257. The van der Waals surface area contributed by atoms with Crippen LogP contribution in [0.25, 0.3) is 21.5 Å². The zero-order valence-electron chi connectivity index (χ0n) is 17.4. The van der Waals surface area contributed by atoms with E-state index in [4.69, 9.17) is 9.47 Å². The summed E-state index contributed by atoms with van der Waals surface area (Å²) in [6.07, 6.45) is -0.251. The van der Waals surface area contributed by atoms with Gasteiger partial charge in [0, 0.05) is 21.6 Å². The Hall–Kier alpha value is -2.33. The summed E-state index contributed by atoms with van der Waals surface area (Å²) in [4.78, 5) is 1.26. The van der Waals surface area contributed by atoms with Gasteiger partial charge in [0.2, 0.25) is 0 Å². The summed E-state index contributed by atoms with van der Waals surface area (Å²) in [5, 5.41) is 5.28. The fourth-order valence-electron chi connectivity index (χ4n) is 4.02. The molecule has 1 aliphatic heterocycles. The molecule has 1 aliphatic rings. The molecule has 3 heteroatoms. The summed E-state index contributed by atoms with van der Waals surface area (Å²) >= 11 is 1.88. The smallest absolute Gasteiger partial charge is 0.183 e. The van der Waals surface area contributed by atoms with Crippen LogP contribution in [-0.4, -0.2) is 13.2 Å². The van der Waals surface area contributed by atoms with Crippen molar-refractivity contribution in [2.75, 3.05) is 13.2 Å². The van der Waals surface area contributed by atoms with Gasteiger partial charge < -0.3 is 9.47 Å². The molecule has 0 saturated carbocycles. The zero-order chi connectivity index (χ0) is 20.6. The molecule has 0 N–H and O–H groups in total. The van der Waals surface area contributed by atoms with Crippen LogP contribution in [0.2, 0.25) is 0 Å². The topological polar surface area (TPSA) is 18.5 Å². The first-order valence-electron chi connectivity index (χ1n) is 10.4. The number of benzene rings is 4. The van der Waals surface area contributed by atoms with Crippen LogP contribution in [-0.2, 0) is 15.2 Å². The Morgan fingerprint density at radius 1 is 0.800 bits per heavy atom. The van der Waals surface area contributed by atoms with Crippen molar-refractivity contribution in [2.24, 2.45) is 5.41 Å². The Labute approximate surface area is 182 Å². The van der Waals surface area contributed by atoms with E-state index in [1.807, 2.05) is 11.8 Å². The van der Waals surface area contributed by atoms with Gasteiger partial charge in [-0.1, -0.05) is 74.5 Å². The van der Waals surface area contributed by atoms with Crippen LogP contribution in [0.15, 0.2) is 83.8 Å². The van der Waals surface area contributed by atoms with E-state index in [-0.39, 0.29) is 11.7 Å². The Kier molecular flexibility index (Phi) is 5.28. The van der Waals surface area contributed by atoms with Crippen molar-refractivity contribution in [1.29, 1.82) is 0 Å².